The highest BCUT2D eigenvalue weighted by Gasteiger charge is 2.28. The first-order chi connectivity index (χ1) is 8.07. The number of rotatable bonds is 5. The maximum absolute atomic E-state index is 10.9. The van der Waals surface area contributed by atoms with Crippen molar-refractivity contribution < 1.29 is 14.3 Å². The van der Waals surface area contributed by atoms with Gasteiger partial charge in [-0.25, -0.2) is 0 Å². The van der Waals surface area contributed by atoms with Crippen molar-refractivity contribution in [3.63, 3.8) is 0 Å². The van der Waals surface area contributed by atoms with E-state index < -0.39 is 0 Å². The van der Waals surface area contributed by atoms with Gasteiger partial charge < -0.3 is 9.47 Å². The summed E-state index contributed by atoms with van der Waals surface area (Å²) in [5.41, 5.74) is 0.750. The maximum atomic E-state index is 10.9. The number of esters is 1. The van der Waals surface area contributed by atoms with Crippen molar-refractivity contribution in [1.82, 2.24) is 0 Å². The fraction of sp³-hybridized carbons (Fsp3) is 0.500. The second kappa shape index (κ2) is 5.82. The quantitative estimate of drug-likeness (QED) is 0.581. The van der Waals surface area contributed by atoms with Gasteiger partial charge in [0, 0.05) is 14.0 Å². The lowest BCUT2D eigenvalue weighted by Crippen LogP contribution is -2.26. The fourth-order valence-electron chi connectivity index (χ4n) is 2.07. The van der Waals surface area contributed by atoms with E-state index in [0.29, 0.717) is 5.75 Å². The van der Waals surface area contributed by atoms with Crippen LogP contribution < -0.4 is 4.74 Å². The predicted octanol–water partition coefficient (Wildman–Crippen LogP) is 3.27. The van der Waals surface area contributed by atoms with Gasteiger partial charge in [0.15, 0.2) is 0 Å². The standard InChI is InChI=1S/C14H20O3/c1-5-14(6-2,16-4)12-8-7-9-13(10-12)17-11(3)15/h7-10H,5-6H2,1-4H3. The largest absolute Gasteiger partial charge is 0.427 e. The van der Waals surface area contributed by atoms with Crippen LogP contribution in [0, 0.1) is 0 Å². The van der Waals surface area contributed by atoms with Gasteiger partial charge in [0.25, 0.3) is 0 Å². The van der Waals surface area contributed by atoms with Gasteiger partial charge in [-0.05, 0) is 30.5 Å². The van der Waals surface area contributed by atoms with Gasteiger partial charge in [-0.1, -0.05) is 26.0 Å². The minimum absolute atomic E-state index is 0.295. The van der Waals surface area contributed by atoms with Crippen LogP contribution in [0.15, 0.2) is 24.3 Å². The van der Waals surface area contributed by atoms with Crippen LogP contribution in [0.3, 0.4) is 0 Å². The van der Waals surface area contributed by atoms with Gasteiger partial charge in [0.05, 0.1) is 5.60 Å². The summed E-state index contributed by atoms with van der Waals surface area (Å²) in [5, 5.41) is 0. The molecule has 0 saturated heterocycles. The summed E-state index contributed by atoms with van der Waals surface area (Å²) in [6.07, 6.45) is 1.76. The molecular formula is C14H20O3. The first kappa shape index (κ1) is 13.7. The normalized spacial score (nSPS) is 11.3. The smallest absolute Gasteiger partial charge is 0.308 e. The van der Waals surface area contributed by atoms with Gasteiger partial charge in [0.1, 0.15) is 5.75 Å². The topological polar surface area (TPSA) is 35.5 Å². The van der Waals surface area contributed by atoms with E-state index >= 15 is 0 Å². The summed E-state index contributed by atoms with van der Waals surface area (Å²) < 4.78 is 10.7. The number of ether oxygens (including phenoxy) is 2. The molecule has 0 aliphatic heterocycles. The zero-order valence-electron chi connectivity index (χ0n) is 10.9. The van der Waals surface area contributed by atoms with E-state index in [1.807, 2.05) is 18.2 Å². The van der Waals surface area contributed by atoms with Crippen LogP contribution in [-0.4, -0.2) is 13.1 Å². The van der Waals surface area contributed by atoms with Crippen molar-refractivity contribution >= 4 is 5.97 Å². The Morgan fingerprint density at radius 3 is 2.41 bits per heavy atom. The molecule has 0 fully saturated rings. The molecule has 0 radical (unpaired) electrons. The fourth-order valence-corrected chi connectivity index (χ4v) is 2.07. The molecular weight excluding hydrogens is 216 g/mol. The maximum Gasteiger partial charge on any atom is 0.308 e. The van der Waals surface area contributed by atoms with Crippen molar-refractivity contribution in [2.75, 3.05) is 7.11 Å². The summed E-state index contributed by atoms with van der Waals surface area (Å²) in [6, 6.07) is 7.53. The Hall–Kier alpha value is -1.35. The van der Waals surface area contributed by atoms with Crippen molar-refractivity contribution in [3.05, 3.63) is 29.8 Å². The minimum atomic E-state index is -0.307. The molecule has 0 heterocycles. The Morgan fingerprint density at radius 1 is 1.29 bits per heavy atom. The molecule has 3 nitrogen and oxygen atoms in total. The minimum Gasteiger partial charge on any atom is -0.427 e. The number of carbonyl (C=O) groups excluding carboxylic acids is 1. The van der Waals surface area contributed by atoms with Gasteiger partial charge in [-0.3, -0.25) is 4.79 Å². The van der Waals surface area contributed by atoms with Gasteiger partial charge >= 0.3 is 5.97 Å². The Balaban J connectivity index is 3.08. The summed E-state index contributed by atoms with van der Waals surface area (Å²) in [4.78, 5) is 10.9. The number of carbonyl (C=O) groups is 1. The van der Waals surface area contributed by atoms with E-state index in [-0.39, 0.29) is 11.6 Å². The average molecular weight is 236 g/mol. The van der Waals surface area contributed by atoms with Crippen LogP contribution in [-0.2, 0) is 15.1 Å². The Bertz CT molecular complexity index is 373. The van der Waals surface area contributed by atoms with Crippen molar-refractivity contribution in [1.29, 1.82) is 0 Å². The van der Waals surface area contributed by atoms with Crippen LogP contribution in [0.1, 0.15) is 39.2 Å². The van der Waals surface area contributed by atoms with Crippen molar-refractivity contribution in [2.45, 2.75) is 39.2 Å². The molecule has 0 bridgehead atoms. The molecule has 17 heavy (non-hydrogen) atoms. The van der Waals surface area contributed by atoms with Gasteiger partial charge in [-0.2, -0.15) is 0 Å². The first-order valence-electron chi connectivity index (χ1n) is 5.92. The first-order valence-corrected chi connectivity index (χ1v) is 5.92. The Kier molecular flexibility index (Phi) is 4.70. The SMILES string of the molecule is CCC(CC)(OC)c1cccc(OC(C)=O)c1. The number of hydrogen-bond donors (Lipinski definition) is 0. The Morgan fingerprint density at radius 2 is 1.94 bits per heavy atom. The number of hydrogen-bond acceptors (Lipinski definition) is 3. The summed E-state index contributed by atoms with van der Waals surface area (Å²) in [5.74, 6) is 0.261. The van der Waals surface area contributed by atoms with E-state index in [9.17, 15) is 4.79 Å². The molecule has 1 rings (SSSR count). The third kappa shape index (κ3) is 3.07. The van der Waals surface area contributed by atoms with Crippen LogP contribution in [0.25, 0.3) is 0 Å². The number of benzene rings is 1. The number of methoxy groups -OCH3 is 1. The molecule has 1 aromatic rings. The highest BCUT2D eigenvalue weighted by atomic mass is 16.5. The van der Waals surface area contributed by atoms with Crippen molar-refractivity contribution in [3.8, 4) is 5.75 Å². The second-order valence-corrected chi connectivity index (χ2v) is 4.03. The van der Waals surface area contributed by atoms with Crippen LogP contribution >= 0.6 is 0 Å². The highest BCUT2D eigenvalue weighted by Crippen LogP contribution is 2.34. The molecule has 0 spiro atoms. The molecule has 94 valence electrons. The zero-order chi connectivity index (χ0) is 12.9. The lowest BCUT2D eigenvalue weighted by atomic mass is 9.88. The molecule has 0 aliphatic rings. The Labute approximate surface area is 103 Å². The van der Waals surface area contributed by atoms with Gasteiger partial charge in [-0.15, -0.1) is 0 Å². The molecule has 0 aromatic heterocycles. The molecule has 0 N–H and O–H groups in total. The predicted molar refractivity (Wildman–Crippen MR) is 67.0 cm³/mol. The summed E-state index contributed by atoms with van der Waals surface area (Å²) >= 11 is 0. The van der Waals surface area contributed by atoms with E-state index in [0.717, 1.165) is 18.4 Å². The molecule has 0 amide bonds. The van der Waals surface area contributed by atoms with E-state index in [1.165, 1.54) is 6.92 Å². The van der Waals surface area contributed by atoms with Crippen molar-refractivity contribution in [2.24, 2.45) is 0 Å². The van der Waals surface area contributed by atoms with E-state index in [2.05, 4.69) is 13.8 Å². The molecule has 0 saturated carbocycles. The third-order valence-corrected chi connectivity index (χ3v) is 3.15. The van der Waals surface area contributed by atoms with E-state index in [4.69, 9.17) is 9.47 Å². The summed E-state index contributed by atoms with van der Waals surface area (Å²) in [6.45, 7) is 5.58. The lowest BCUT2D eigenvalue weighted by molar-refractivity contribution is -0.131. The zero-order valence-corrected chi connectivity index (χ0v) is 10.9. The van der Waals surface area contributed by atoms with Crippen LogP contribution in [0.2, 0.25) is 0 Å². The molecule has 1 aromatic carbocycles. The third-order valence-electron chi connectivity index (χ3n) is 3.15. The average Bonchev–Trinajstić information content (AvgIpc) is 2.32. The molecule has 3 heteroatoms. The van der Waals surface area contributed by atoms with Gasteiger partial charge in [0.2, 0.25) is 0 Å². The lowest BCUT2D eigenvalue weighted by Gasteiger charge is -2.31. The monoisotopic (exact) mass is 236 g/mol. The molecule has 0 atom stereocenters. The van der Waals surface area contributed by atoms with E-state index in [1.54, 1.807) is 13.2 Å². The van der Waals surface area contributed by atoms with Crippen LogP contribution in [0.5, 0.6) is 5.75 Å². The van der Waals surface area contributed by atoms with Crippen LogP contribution in [0.4, 0.5) is 0 Å². The molecule has 0 unspecified atom stereocenters. The second-order valence-electron chi connectivity index (χ2n) is 4.03. The molecule has 0 aliphatic carbocycles. The highest BCUT2D eigenvalue weighted by molar-refractivity contribution is 5.69. The summed E-state index contributed by atoms with van der Waals surface area (Å²) in [7, 11) is 1.71.